The Bertz CT molecular complexity index is 330. The first-order valence-electron chi connectivity index (χ1n) is 6.55. The highest BCUT2D eigenvalue weighted by Gasteiger charge is 2.26. The van der Waals surface area contributed by atoms with Gasteiger partial charge in [-0.2, -0.15) is 0 Å². The fourth-order valence-electron chi connectivity index (χ4n) is 2.53. The van der Waals surface area contributed by atoms with Crippen molar-refractivity contribution in [2.24, 2.45) is 11.8 Å². The predicted octanol–water partition coefficient (Wildman–Crippen LogP) is 2.30. The number of nitrogens with zero attached hydrogens (tertiary/aromatic N) is 1. The molecular formula is C14H23NO3. The molecule has 0 radical (unpaired) electrons. The number of carbonyl (C=O) groups excluding carboxylic acids is 1. The number of carbonyl (C=O) groups is 2. The summed E-state index contributed by atoms with van der Waals surface area (Å²) in [6, 6.07) is 0. The molecular weight excluding hydrogens is 230 g/mol. The van der Waals surface area contributed by atoms with Crippen molar-refractivity contribution in [2.45, 2.75) is 39.5 Å². The Hall–Kier alpha value is -1.32. The molecule has 1 rings (SSSR count). The zero-order valence-corrected chi connectivity index (χ0v) is 11.3. The molecule has 0 aromatic carbocycles. The summed E-state index contributed by atoms with van der Waals surface area (Å²) in [6.45, 7) is 9.08. The normalized spacial score (nSPS) is 18.4. The van der Waals surface area contributed by atoms with E-state index in [1.807, 2.05) is 18.7 Å². The summed E-state index contributed by atoms with van der Waals surface area (Å²) in [5.74, 6) is -0.358. The van der Waals surface area contributed by atoms with Crippen molar-refractivity contribution in [1.82, 2.24) is 4.90 Å². The van der Waals surface area contributed by atoms with Crippen LogP contribution in [0, 0.1) is 11.8 Å². The van der Waals surface area contributed by atoms with Gasteiger partial charge in [-0.05, 0) is 32.1 Å². The molecule has 102 valence electrons. The highest BCUT2D eigenvalue weighted by Crippen LogP contribution is 2.22. The van der Waals surface area contributed by atoms with Crippen LogP contribution < -0.4 is 0 Å². The first kappa shape index (κ1) is 14.7. The van der Waals surface area contributed by atoms with E-state index in [0.29, 0.717) is 13.1 Å². The zero-order chi connectivity index (χ0) is 13.7. The molecule has 1 saturated heterocycles. The van der Waals surface area contributed by atoms with E-state index in [4.69, 9.17) is 5.11 Å². The lowest BCUT2D eigenvalue weighted by Crippen LogP contribution is -2.41. The molecule has 0 bridgehead atoms. The number of likely N-dealkylation sites (tertiary alicyclic amines) is 1. The molecule has 1 heterocycles. The van der Waals surface area contributed by atoms with Crippen molar-refractivity contribution in [1.29, 1.82) is 0 Å². The zero-order valence-electron chi connectivity index (χ0n) is 11.3. The van der Waals surface area contributed by atoms with Gasteiger partial charge >= 0.3 is 5.97 Å². The summed E-state index contributed by atoms with van der Waals surface area (Å²) in [6.07, 6.45) is 2.56. The third kappa shape index (κ3) is 4.51. The van der Waals surface area contributed by atoms with Gasteiger partial charge in [0.2, 0.25) is 5.91 Å². The maximum Gasteiger partial charge on any atom is 0.303 e. The van der Waals surface area contributed by atoms with Crippen LogP contribution in [0.3, 0.4) is 0 Å². The van der Waals surface area contributed by atoms with Gasteiger partial charge < -0.3 is 10.0 Å². The maximum absolute atomic E-state index is 12.1. The van der Waals surface area contributed by atoms with Gasteiger partial charge in [0, 0.05) is 25.4 Å². The number of piperidine rings is 1. The molecule has 18 heavy (non-hydrogen) atoms. The Balaban J connectivity index is 2.40. The summed E-state index contributed by atoms with van der Waals surface area (Å²) in [5, 5.41) is 8.74. The van der Waals surface area contributed by atoms with Gasteiger partial charge in [-0.15, -0.1) is 6.58 Å². The molecule has 0 aromatic rings. The lowest BCUT2D eigenvalue weighted by atomic mass is 9.92. The first-order chi connectivity index (χ1) is 8.40. The summed E-state index contributed by atoms with van der Waals surface area (Å²) < 4.78 is 0. The van der Waals surface area contributed by atoms with Crippen LogP contribution in [-0.2, 0) is 9.59 Å². The van der Waals surface area contributed by atoms with E-state index in [-0.39, 0.29) is 24.2 Å². The molecule has 1 atom stereocenters. The van der Waals surface area contributed by atoms with Crippen LogP contribution in [0.4, 0.5) is 0 Å². The Kier molecular flexibility index (Phi) is 5.38. The molecule has 0 spiro atoms. The van der Waals surface area contributed by atoms with Crippen LogP contribution in [0.2, 0.25) is 0 Å². The van der Waals surface area contributed by atoms with Crippen molar-refractivity contribution in [3.05, 3.63) is 12.2 Å². The second-order valence-corrected chi connectivity index (χ2v) is 5.43. The standard InChI is InChI=1S/C14H23NO3/c1-10(2)8-11(3)14(18)15-6-4-12(5-7-15)9-13(16)17/h11-12H,1,4-9H2,2-3H3,(H,16,17)/t11-/m0/s1. The number of carboxylic acid groups (broad SMARTS) is 1. The Morgan fingerprint density at radius 2 is 1.94 bits per heavy atom. The van der Waals surface area contributed by atoms with Gasteiger partial charge in [0.1, 0.15) is 0 Å². The van der Waals surface area contributed by atoms with Crippen molar-refractivity contribution in [3.8, 4) is 0 Å². The average molecular weight is 253 g/mol. The smallest absolute Gasteiger partial charge is 0.303 e. The third-order valence-corrected chi connectivity index (χ3v) is 3.47. The SMILES string of the molecule is C=C(C)C[C@H](C)C(=O)N1CCC(CC(=O)O)CC1. The average Bonchev–Trinajstić information content (AvgIpc) is 2.27. The van der Waals surface area contributed by atoms with Gasteiger partial charge in [-0.25, -0.2) is 0 Å². The van der Waals surface area contributed by atoms with Crippen LogP contribution in [0.25, 0.3) is 0 Å². The summed E-state index contributed by atoms with van der Waals surface area (Å²) in [5.41, 5.74) is 1.02. The number of amides is 1. The molecule has 4 heteroatoms. The minimum atomic E-state index is -0.740. The van der Waals surface area contributed by atoms with E-state index in [1.54, 1.807) is 0 Å². The number of hydrogen-bond acceptors (Lipinski definition) is 2. The molecule has 1 aliphatic rings. The molecule has 0 aliphatic carbocycles. The largest absolute Gasteiger partial charge is 0.481 e. The second kappa shape index (κ2) is 6.57. The minimum Gasteiger partial charge on any atom is -0.481 e. The van der Waals surface area contributed by atoms with E-state index in [0.717, 1.165) is 24.8 Å². The summed E-state index contributed by atoms with van der Waals surface area (Å²) >= 11 is 0. The fraction of sp³-hybridized carbons (Fsp3) is 0.714. The number of carboxylic acids is 1. The van der Waals surface area contributed by atoms with Crippen molar-refractivity contribution in [2.75, 3.05) is 13.1 Å². The van der Waals surface area contributed by atoms with Crippen molar-refractivity contribution >= 4 is 11.9 Å². The van der Waals surface area contributed by atoms with E-state index >= 15 is 0 Å². The van der Waals surface area contributed by atoms with E-state index in [9.17, 15) is 9.59 Å². The Labute approximate surface area is 109 Å². The van der Waals surface area contributed by atoms with Gasteiger partial charge in [0.05, 0.1) is 0 Å². The molecule has 1 fully saturated rings. The number of allylic oxidation sites excluding steroid dienone is 1. The van der Waals surface area contributed by atoms with Crippen LogP contribution in [0.5, 0.6) is 0 Å². The lowest BCUT2D eigenvalue weighted by molar-refractivity contribution is -0.139. The molecule has 0 unspecified atom stereocenters. The number of rotatable bonds is 5. The van der Waals surface area contributed by atoms with E-state index in [1.165, 1.54) is 0 Å². The minimum absolute atomic E-state index is 0.0153. The molecule has 4 nitrogen and oxygen atoms in total. The molecule has 0 saturated carbocycles. The van der Waals surface area contributed by atoms with Gasteiger partial charge in [0.15, 0.2) is 0 Å². The van der Waals surface area contributed by atoms with Crippen molar-refractivity contribution < 1.29 is 14.7 Å². The van der Waals surface area contributed by atoms with Crippen LogP contribution in [-0.4, -0.2) is 35.0 Å². The maximum atomic E-state index is 12.1. The molecule has 1 N–H and O–H groups in total. The first-order valence-corrected chi connectivity index (χ1v) is 6.55. The van der Waals surface area contributed by atoms with Gasteiger partial charge in [0.25, 0.3) is 0 Å². The Morgan fingerprint density at radius 3 is 2.39 bits per heavy atom. The fourth-order valence-corrected chi connectivity index (χ4v) is 2.53. The second-order valence-electron chi connectivity index (χ2n) is 5.43. The quantitative estimate of drug-likeness (QED) is 0.765. The lowest BCUT2D eigenvalue weighted by Gasteiger charge is -2.33. The molecule has 0 aromatic heterocycles. The summed E-state index contributed by atoms with van der Waals surface area (Å²) in [7, 11) is 0. The Morgan fingerprint density at radius 1 is 1.39 bits per heavy atom. The highest BCUT2D eigenvalue weighted by atomic mass is 16.4. The van der Waals surface area contributed by atoms with Crippen LogP contribution in [0.15, 0.2) is 12.2 Å². The van der Waals surface area contributed by atoms with E-state index in [2.05, 4.69) is 6.58 Å². The predicted molar refractivity (Wildman–Crippen MR) is 70.2 cm³/mol. The van der Waals surface area contributed by atoms with Crippen molar-refractivity contribution in [3.63, 3.8) is 0 Å². The van der Waals surface area contributed by atoms with E-state index < -0.39 is 5.97 Å². The number of aliphatic carboxylic acids is 1. The van der Waals surface area contributed by atoms with Gasteiger partial charge in [-0.3, -0.25) is 9.59 Å². The molecule has 1 amide bonds. The highest BCUT2D eigenvalue weighted by molar-refractivity contribution is 5.78. The van der Waals surface area contributed by atoms with Gasteiger partial charge in [-0.1, -0.05) is 12.5 Å². The monoisotopic (exact) mass is 253 g/mol. The van der Waals surface area contributed by atoms with Crippen LogP contribution in [0.1, 0.15) is 39.5 Å². The topological polar surface area (TPSA) is 57.6 Å². The van der Waals surface area contributed by atoms with Crippen LogP contribution >= 0.6 is 0 Å². The third-order valence-electron chi connectivity index (χ3n) is 3.47. The number of hydrogen-bond donors (Lipinski definition) is 1. The molecule has 1 aliphatic heterocycles. The summed E-state index contributed by atoms with van der Waals surface area (Å²) in [4.78, 5) is 24.6.